The molecular formula is C11H21NO2. The molecule has 0 radical (unpaired) electrons. The molecule has 0 unspecified atom stereocenters. The van der Waals surface area contributed by atoms with Crippen molar-refractivity contribution in [3.63, 3.8) is 0 Å². The number of aliphatic hydroxyl groups excluding tert-OH is 1. The van der Waals surface area contributed by atoms with E-state index in [0.29, 0.717) is 12.3 Å². The van der Waals surface area contributed by atoms with Gasteiger partial charge in [0.25, 0.3) is 0 Å². The first kappa shape index (κ1) is 11.5. The van der Waals surface area contributed by atoms with Gasteiger partial charge in [0.1, 0.15) is 0 Å². The lowest BCUT2D eigenvalue weighted by atomic mass is 10.1. The second-order valence-corrected chi connectivity index (χ2v) is 4.50. The van der Waals surface area contributed by atoms with Crippen molar-refractivity contribution in [1.82, 2.24) is 4.90 Å². The molecule has 0 bridgehead atoms. The molecule has 0 aromatic rings. The van der Waals surface area contributed by atoms with Crippen LogP contribution in [-0.2, 0) is 4.79 Å². The number of amides is 1. The number of nitrogens with zero attached hydrogens (tertiary/aromatic N) is 1. The Labute approximate surface area is 86.1 Å². The lowest BCUT2D eigenvalue weighted by Crippen LogP contribution is -2.37. The highest BCUT2D eigenvalue weighted by Crippen LogP contribution is 2.18. The van der Waals surface area contributed by atoms with E-state index >= 15 is 0 Å². The van der Waals surface area contributed by atoms with Gasteiger partial charge >= 0.3 is 0 Å². The molecule has 14 heavy (non-hydrogen) atoms. The minimum Gasteiger partial charge on any atom is -0.394 e. The van der Waals surface area contributed by atoms with Crippen molar-refractivity contribution in [3.8, 4) is 0 Å². The van der Waals surface area contributed by atoms with E-state index in [-0.39, 0.29) is 18.6 Å². The molecule has 1 aliphatic rings. The highest BCUT2D eigenvalue weighted by atomic mass is 16.3. The third kappa shape index (κ3) is 2.98. The van der Waals surface area contributed by atoms with Crippen molar-refractivity contribution in [2.75, 3.05) is 13.2 Å². The quantitative estimate of drug-likeness (QED) is 0.743. The number of hydrogen-bond acceptors (Lipinski definition) is 2. The van der Waals surface area contributed by atoms with Gasteiger partial charge < -0.3 is 10.0 Å². The molecule has 1 atom stereocenters. The maximum absolute atomic E-state index is 11.7. The molecule has 1 amide bonds. The van der Waals surface area contributed by atoms with Crippen molar-refractivity contribution < 1.29 is 9.90 Å². The summed E-state index contributed by atoms with van der Waals surface area (Å²) in [7, 11) is 0. The fraction of sp³-hybridized carbons (Fsp3) is 0.909. The van der Waals surface area contributed by atoms with Gasteiger partial charge in [-0.15, -0.1) is 0 Å². The van der Waals surface area contributed by atoms with E-state index in [4.69, 9.17) is 5.11 Å². The molecule has 3 heteroatoms. The van der Waals surface area contributed by atoms with Crippen LogP contribution in [0.15, 0.2) is 0 Å². The van der Waals surface area contributed by atoms with Crippen LogP contribution < -0.4 is 0 Å². The molecule has 82 valence electrons. The highest BCUT2D eigenvalue weighted by molar-refractivity contribution is 5.76. The largest absolute Gasteiger partial charge is 0.394 e. The summed E-state index contributed by atoms with van der Waals surface area (Å²) in [5, 5.41) is 9.07. The van der Waals surface area contributed by atoms with Crippen molar-refractivity contribution in [2.45, 2.75) is 45.6 Å². The zero-order chi connectivity index (χ0) is 10.6. The van der Waals surface area contributed by atoms with Gasteiger partial charge in [-0.2, -0.15) is 0 Å². The first-order chi connectivity index (χ1) is 6.65. The Morgan fingerprint density at radius 3 is 2.86 bits per heavy atom. The van der Waals surface area contributed by atoms with Gasteiger partial charge in [0.2, 0.25) is 5.91 Å². The first-order valence-corrected chi connectivity index (χ1v) is 5.55. The average molecular weight is 199 g/mol. The normalized spacial score (nSPS) is 22.0. The van der Waals surface area contributed by atoms with Crippen LogP contribution in [-0.4, -0.2) is 35.1 Å². The molecule has 1 heterocycles. The molecule has 0 aromatic carbocycles. The molecule has 1 aliphatic heterocycles. The van der Waals surface area contributed by atoms with Crippen LogP contribution >= 0.6 is 0 Å². The number of rotatable bonds is 4. The van der Waals surface area contributed by atoms with Gasteiger partial charge in [-0.25, -0.2) is 0 Å². The molecule has 1 fully saturated rings. The highest BCUT2D eigenvalue weighted by Gasteiger charge is 2.27. The molecule has 0 aliphatic carbocycles. The van der Waals surface area contributed by atoms with E-state index in [0.717, 1.165) is 25.8 Å². The Hall–Kier alpha value is -0.570. The Balaban J connectivity index is 2.35. The zero-order valence-electron chi connectivity index (χ0n) is 9.20. The van der Waals surface area contributed by atoms with Crippen molar-refractivity contribution in [2.24, 2.45) is 5.92 Å². The Bertz CT molecular complexity index is 192. The van der Waals surface area contributed by atoms with E-state index in [1.807, 2.05) is 4.90 Å². The van der Waals surface area contributed by atoms with Gasteiger partial charge in [0.05, 0.1) is 12.6 Å². The minimum atomic E-state index is 0.0923. The molecule has 1 rings (SSSR count). The Morgan fingerprint density at radius 2 is 2.29 bits per heavy atom. The van der Waals surface area contributed by atoms with Crippen LogP contribution in [0.1, 0.15) is 39.5 Å². The lowest BCUT2D eigenvalue weighted by molar-refractivity contribution is -0.133. The summed E-state index contributed by atoms with van der Waals surface area (Å²) >= 11 is 0. The Morgan fingerprint density at radius 1 is 1.57 bits per heavy atom. The summed E-state index contributed by atoms with van der Waals surface area (Å²) in [6, 6.07) is 0.0923. The minimum absolute atomic E-state index is 0.0923. The van der Waals surface area contributed by atoms with E-state index < -0.39 is 0 Å². The van der Waals surface area contributed by atoms with E-state index in [1.165, 1.54) is 0 Å². The predicted octanol–water partition coefficient (Wildman–Crippen LogP) is 1.41. The summed E-state index contributed by atoms with van der Waals surface area (Å²) in [6.07, 6.45) is 3.59. The fourth-order valence-corrected chi connectivity index (χ4v) is 1.91. The second-order valence-electron chi connectivity index (χ2n) is 4.50. The number of likely N-dealkylation sites (tertiary alicyclic amines) is 1. The number of hydrogen-bond donors (Lipinski definition) is 1. The van der Waals surface area contributed by atoms with Gasteiger partial charge in [-0.1, -0.05) is 13.8 Å². The summed E-state index contributed by atoms with van der Waals surface area (Å²) in [5.74, 6) is 0.796. The number of carbonyl (C=O) groups is 1. The predicted molar refractivity (Wildman–Crippen MR) is 55.9 cm³/mol. The van der Waals surface area contributed by atoms with Gasteiger partial charge in [0, 0.05) is 13.0 Å². The van der Waals surface area contributed by atoms with Crippen LogP contribution in [0, 0.1) is 5.92 Å². The van der Waals surface area contributed by atoms with Crippen LogP contribution in [0.4, 0.5) is 0 Å². The third-order valence-corrected chi connectivity index (χ3v) is 2.84. The lowest BCUT2D eigenvalue weighted by Gasteiger charge is -2.23. The Kier molecular flexibility index (Phi) is 4.39. The molecule has 0 spiro atoms. The van der Waals surface area contributed by atoms with Crippen LogP contribution in [0.2, 0.25) is 0 Å². The monoisotopic (exact) mass is 199 g/mol. The molecule has 0 aromatic heterocycles. The van der Waals surface area contributed by atoms with Gasteiger partial charge in [-0.3, -0.25) is 4.79 Å². The SMILES string of the molecule is CC(C)CCC(=O)N1CCC[C@@H]1CO. The second kappa shape index (κ2) is 5.35. The van der Waals surface area contributed by atoms with Crippen molar-refractivity contribution in [3.05, 3.63) is 0 Å². The topological polar surface area (TPSA) is 40.5 Å². The van der Waals surface area contributed by atoms with Crippen LogP contribution in [0.3, 0.4) is 0 Å². The maximum atomic E-state index is 11.7. The molecular weight excluding hydrogens is 178 g/mol. The molecule has 1 N–H and O–H groups in total. The molecule has 0 saturated carbocycles. The van der Waals surface area contributed by atoms with Gasteiger partial charge in [0.15, 0.2) is 0 Å². The van der Waals surface area contributed by atoms with E-state index in [9.17, 15) is 4.79 Å². The summed E-state index contributed by atoms with van der Waals surface area (Å²) in [6.45, 7) is 5.21. The smallest absolute Gasteiger partial charge is 0.222 e. The standard InChI is InChI=1S/C11H21NO2/c1-9(2)5-6-11(14)12-7-3-4-10(12)8-13/h9-10,13H,3-8H2,1-2H3/t10-/m1/s1. The summed E-state index contributed by atoms with van der Waals surface area (Å²) in [5.41, 5.74) is 0. The fourth-order valence-electron chi connectivity index (χ4n) is 1.91. The van der Waals surface area contributed by atoms with E-state index in [1.54, 1.807) is 0 Å². The molecule has 3 nitrogen and oxygen atoms in total. The average Bonchev–Trinajstić information content (AvgIpc) is 2.61. The zero-order valence-corrected chi connectivity index (χ0v) is 9.20. The summed E-state index contributed by atoms with van der Waals surface area (Å²) < 4.78 is 0. The first-order valence-electron chi connectivity index (χ1n) is 5.55. The maximum Gasteiger partial charge on any atom is 0.222 e. The van der Waals surface area contributed by atoms with Crippen molar-refractivity contribution >= 4 is 5.91 Å². The number of aliphatic hydroxyl groups is 1. The van der Waals surface area contributed by atoms with E-state index in [2.05, 4.69) is 13.8 Å². The van der Waals surface area contributed by atoms with Crippen LogP contribution in [0.25, 0.3) is 0 Å². The third-order valence-electron chi connectivity index (χ3n) is 2.84. The number of carbonyl (C=O) groups excluding carboxylic acids is 1. The summed E-state index contributed by atoms with van der Waals surface area (Å²) in [4.78, 5) is 13.6. The van der Waals surface area contributed by atoms with Gasteiger partial charge in [-0.05, 0) is 25.2 Å². The molecule has 1 saturated heterocycles. The van der Waals surface area contributed by atoms with Crippen LogP contribution in [0.5, 0.6) is 0 Å². The van der Waals surface area contributed by atoms with Crippen molar-refractivity contribution in [1.29, 1.82) is 0 Å².